The van der Waals surface area contributed by atoms with Crippen LogP contribution in [0.25, 0.3) is 0 Å². The van der Waals surface area contributed by atoms with Gasteiger partial charge >= 0.3 is 6.18 Å². The lowest BCUT2D eigenvalue weighted by atomic mass is 9.98. The van der Waals surface area contributed by atoms with Crippen molar-refractivity contribution in [2.75, 3.05) is 13.7 Å². The number of nitrogens with zero attached hydrogens (tertiary/aromatic N) is 1. The Hall–Kier alpha value is -1.72. The van der Waals surface area contributed by atoms with Crippen molar-refractivity contribution >= 4 is 5.84 Å². The molecule has 0 aromatic heterocycles. The van der Waals surface area contributed by atoms with Gasteiger partial charge in [0.05, 0.1) is 12.7 Å². The van der Waals surface area contributed by atoms with Crippen molar-refractivity contribution < 1.29 is 17.9 Å². The molecule has 23 heavy (non-hydrogen) atoms. The number of amidine groups is 1. The number of aliphatic imine (C=N–C) groups is 1. The molecule has 0 saturated carbocycles. The maximum atomic E-state index is 12.9. The molecule has 1 aromatic rings. The molecule has 0 spiro atoms. The lowest BCUT2D eigenvalue weighted by Gasteiger charge is -2.14. The highest BCUT2D eigenvalue weighted by atomic mass is 19.4. The zero-order chi connectivity index (χ0) is 17.5. The topological polar surface area (TPSA) is 47.6 Å². The van der Waals surface area contributed by atoms with E-state index in [9.17, 15) is 13.2 Å². The van der Waals surface area contributed by atoms with Gasteiger partial charge in [0.1, 0.15) is 11.6 Å². The molecule has 0 aliphatic rings. The zero-order valence-corrected chi connectivity index (χ0v) is 13.9. The first-order valence-corrected chi connectivity index (χ1v) is 7.88. The molecule has 0 atom stereocenters. The Balaban J connectivity index is 3.01. The molecule has 0 aliphatic carbocycles. The highest BCUT2D eigenvalue weighted by Crippen LogP contribution is 2.32. The number of methoxy groups -OCH3 is 1. The zero-order valence-electron chi connectivity index (χ0n) is 13.9. The summed E-state index contributed by atoms with van der Waals surface area (Å²) in [7, 11) is 1.32. The average Bonchev–Trinajstić information content (AvgIpc) is 2.51. The summed E-state index contributed by atoms with van der Waals surface area (Å²) in [5.74, 6) is 0.648. The van der Waals surface area contributed by atoms with Crippen molar-refractivity contribution in [2.24, 2.45) is 16.6 Å². The van der Waals surface area contributed by atoms with Crippen LogP contribution in [0.2, 0.25) is 0 Å². The number of benzene rings is 1. The summed E-state index contributed by atoms with van der Waals surface area (Å²) in [5.41, 5.74) is 5.35. The fourth-order valence-electron chi connectivity index (χ4n) is 2.49. The highest BCUT2D eigenvalue weighted by Gasteiger charge is 2.31. The first-order chi connectivity index (χ1) is 10.8. The first-order valence-electron chi connectivity index (χ1n) is 7.88. The highest BCUT2D eigenvalue weighted by molar-refractivity contribution is 5.98. The Kier molecular flexibility index (Phi) is 7.39. The van der Waals surface area contributed by atoms with E-state index in [1.165, 1.54) is 13.2 Å². The molecule has 1 aromatic carbocycles. The summed E-state index contributed by atoms with van der Waals surface area (Å²) in [4.78, 5) is 4.30. The van der Waals surface area contributed by atoms with Gasteiger partial charge < -0.3 is 10.5 Å². The van der Waals surface area contributed by atoms with E-state index in [0.29, 0.717) is 12.5 Å². The number of ether oxygens (including phenoxy) is 1. The second kappa shape index (κ2) is 8.79. The van der Waals surface area contributed by atoms with Crippen LogP contribution in [0.5, 0.6) is 5.75 Å². The van der Waals surface area contributed by atoms with Gasteiger partial charge in [-0.15, -0.1) is 0 Å². The van der Waals surface area contributed by atoms with Crippen molar-refractivity contribution in [3.63, 3.8) is 0 Å². The van der Waals surface area contributed by atoms with Gasteiger partial charge in [0, 0.05) is 12.1 Å². The van der Waals surface area contributed by atoms with Gasteiger partial charge in [0.15, 0.2) is 0 Å². The van der Waals surface area contributed by atoms with Crippen LogP contribution in [0, 0.1) is 5.92 Å². The number of hydrogen-bond acceptors (Lipinski definition) is 2. The summed E-state index contributed by atoms with van der Waals surface area (Å²) < 4.78 is 43.7. The lowest BCUT2D eigenvalue weighted by molar-refractivity contribution is -0.137. The van der Waals surface area contributed by atoms with Crippen LogP contribution < -0.4 is 10.5 Å². The molecule has 130 valence electrons. The minimum Gasteiger partial charge on any atom is -0.497 e. The second-order valence-corrected chi connectivity index (χ2v) is 5.62. The average molecular weight is 330 g/mol. The Morgan fingerprint density at radius 3 is 2.26 bits per heavy atom. The molecule has 1 rings (SSSR count). The molecule has 0 bridgehead atoms. The van der Waals surface area contributed by atoms with E-state index >= 15 is 0 Å². The van der Waals surface area contributed by atoms with E-state index < -0.39 is 11.7 Å². The van der Waals surface area contributed by atoms with Gasteiger partial charge in [0.2, 0.25) is 0 Å². The maximum Gasteiger partial charge on any atom is 0.416 e. The van der Waals surface area contributed by atoms with Crippen molar-refractivity contribution in [1.29, 1.82) is 0 Å². The maximum absolute atomic E-state index is 12.9. The predicted octanol–water partition coefficient (Wildman–Crippen LogP) is 4.64. The molecule has 6 heteroatoms. The summed E-state index contributed by atoms with van der Waals surface area (Å²) in [6, 6.07) is 3.44. The predicted molar refractivity (Wildman–Crippen MR) is 86.9 cm³/mol. The van der Waals surface area contributed by atoms with Crippen LogP contribution in [-0.4, -0.2) is 19.5 Å². The third-order valence-corrected chi connectivity index (χ3v) is 3.68. The molecule has 0 amide bonds. The number of rotatable bonds is 8. The standard InChI is InChI=1S/C17H25F3N2O/c1-4-6-12(7-5-2)11-22-16(21)13-8-14(17(18,19)20)10-15(9-13)23-3/h8-10,12H,4-7,11H2,1-3H3,(H2,21,22). The van der Waals surface area contributed by atoms with Crippen LogP contribution >= 0.6 is 0 Å². The number of alkyl halides is 3. The van der Waals surface area contributed by atoms with Crippen LogP contribution in [0.3, 0.4) is 0 Å². The molecule has 0 heterocycles. The molecule has 0 aliphatic heterocycles. The third-order valence-electron chi connectivity index (χ3n) is 3.68. The fraction of sp³-hybridized carbons (Fsp3) is 0.588. The van der Waals surface area contributed by atoms with E-state index in [0.717, 1.165) is 37.8 Å². The molecule has 0 radical (unpaired) electrons. The summed E-state index contributed by atoms with van der Waals surface area (Å²) in [6.45, 7) is 4.74. The van der Waals surface area contributed by atoms with E-state index in [4.69, 9.17) is 10.5 Å². The van der Waals surface area contributed by atoms with Crippen LogP contribution in [0.15, 0.2) is 23.2 Å². The monoisotopic (exact) mass is 330 g/mol. The largest absolute Gasteiger partial charge is 0.497 e. The van der Waals surface area contributed by atoms with Crippen LogP contribution in [0.1, 0.15) is 50.7 Å². The molecule has 0 unspecified atom stereocenters. The number of nitrogens with two attached hydrogens (primary N) is 1. The summed E-state index contributed by atoms with van der Waals surface area (Å²) in [5, 5.41) is 0. The summed E-state index contributed by atoms with van der Waals surface area (Å²) >= 11 is 0. The molecular formula is C17H25F3N2O. The van der Waals surface area contributed by atoms with Crippen molar-refractivity contribution in [3.8, 4) is 5.75 Å². The van der Waals surface area contributed by atoms with Gasteiger partial charge in [-0.05, 0) is 37.0 Å². The van der Waals surface area contributed by atoms with Gasteiger partial charge in [0.25, 0.3) is 0 Å². The Labute approximate surface area is 135 Å². The van der Waals surface area contributed by atoms with E-state index in [2.05, 4.69) is 18.8 Å². The number of halogens is 3. The second-order valence-electron chi connectivity index (χ2n) is 5.62. The van der Waals surface area contributed by atoms with Gasteiger partial charge in [-0.1, -0.05) is 26.7 Å². The molecule has 3 nitrogen and oxygen atoms in total. The molecule has 2 N–H and O–H groups in total. The Morgan fingerprint density at radius 1 is 1.17 bits per heavy atom. The lowest BCUT2D eigenvalue weighted by Crippen LogP contribution is -2.18. The van der Waals surface area contributed by atoms with Crippen LogP contribution in [0.4, 0.5) is 13.2 Å². The first kappa shape index (κ1) is 19.3. The fourth-order valence-corrected chi connectivity index (χ4v) is 2.49. The minimum atomic E-state index is -4.45. The third kappa shape index (κ3) is 6.12. The van der Waals surface area contributed by atoms with Crippen molar-refractivity contribution in [1.82, 2.24) is 0 Å². The minimum absolute atomic E-state index is 0.117. The van der Waals surface area contributed by atoms with Gasteiger partial charge in [-0.3, -0.25) is 4.99 Å². The Morgan fingerprint density at radius 2 is 1.78 bits per heavy atom. The molecular weight excluding hydrogens is 305 g/mol. The van der Waals surface area contributed by atoms with Gasteiger partial charge in [-0.25, -0.2) is 0 Å². The SMILES string of the molecule is CCCC(CCC)CN=C(N)c1cc(OC)cc(C(F)(F)F)c1. The van der Waals surface area contributed by atoms with Crippen molar-refractivity contribution in [2.45, 2.75) is 45.7 Å². The van der Waals surface area contributed by atoms with Crippen LogP contribution in [-0.2, 0) is 6.18 Å². The summed E-state index contributed by atoms with van der Waals surface area (Å²) in [6.07, 6.45) is -0.265. The van der Waals surface area contributed by atoms with E-state index in [1.807, 2.05) is 0 Å². The molecule has 0 saturated heterocycles. The van der Waals surface area contributed by atoms with E-state index in [-0.39, 0.29) is 17.1 Å². The normalized spacial score (nSPS) is 12.7. The smallest absolute Gasteiger partial charge is 0.416 e. The quantitative estimate of drug-likeness (QED) is 0.558. The number of hydrogen-bond donors (Lipinski definition) is 1. The van der Waals surface area contributed by atoms with Crippen molar-refractivity contribution in [3.05, 3.63) is 29.3 Å². The Bertz CT molecular complexity index is 521. The van der Waals surface area contributed by atoms with E-state index in [1.54, 1.807) is 0 Å². The molecule has 0 fully saturated rings. The van der Waals surface area contributed by atoms with Gasteiger partial charge in [-0.2, -0.15) is 13.2 Å².